The second-order valence-corrected chi connectivity index (χ2v) is 9.95. The van der Waals surface area contributed by atoms with Crippen LogP contribution in [0, 0.1) is 17.2 Å². The summed E-state index contributed by atoms with van der Waals surface area (Å²) in [5.74, 6) is 2.02. The Morgan fingerprint density at radius 3 is 3.00 bits per heavy atom. The molecule has 0 radical (unpaired) electrons. The van der Waals surface area contributed by atoms with Gasteiger partial charge in [-0.1, -0.05) is 43.0 Å². The van der Waals surface area contributed by atoms with Gasteiger partial charge in [0.15, 0.2) is 11.0 Å². The van der Waals surface area contributed by atoms with E-state index in [1.165, 1.54) is 28.0 Å². The van der Waals surface area contributed by atoms with Crippen LogP contribution < -0.4 is 10.1 Å². The average molecular weight is 480 g/mol. The van der Waals surface area contributed by atoms with Crippen molar-refractivity contribution in [2.45, 2.75) is 44.5 Å². The summed E-state index contributed by atoms with van der Waals surface area (Å²) < 4.78 is 7.68. The highest BCUT2D eigenvalue weighted by Gasteiger charge is 2.25. The largest absolute Gasteiger partial charge is 0.486 e. The molecule has 1 amide bonds. The number of ether oxygens (including phenoxy) is 1. The first-order valence-electron chi connectivity index (χ1n) is 10.8. The highest BCUT2D eigenvalue weighted by molar-refractivity contribution is 7.99. The van der Waals surface area contributed by atoms with E-state index in [-0.39, 0.29) is 18.3 Å². The molecule has 0 bridgehead atoms. The molecule has 9 heteroatoms. The molecule has 33 heavy (non-hydrogen) atoms. The van der Waals surface area contributed by atoms with Gasteiger partial charge < -0.3 is 10.1 Å². The first kappa shape index (κ1) is 23.1. The second kappa shape index (κ2) is 10.7. The Kier molecular flexibility index (Phi) is 7.47. The van der Waals surface area contributed by atoms with Gasteiger partial charge in [0.05, 0.1) is 11.3 Å². The molecule has 1 unspecified atom stereocenters. The van der Waals surface area contributed by atoms with Crippen molar-refractivity contribution < 1.29 is 9.53 Å². The van der Waals surface area contributed by atoms with E-state index in [0.29, 0.717) is 34.0 Å². The van der Waals surface area contributed by atoms with Crippen molar-refractivity contribution in [3.8, 4) is 11.8 Å². The Bertz CT molecular complexity index is 1180. The number of aromatic nitrogens is 3. The summed E-state index contributed by atoms with van der Waals surface area (Å²) >= 11 is 2.83. The number of nitriles is 1. The van der Waals surface area contributed by atoms with Crippen molar-refractivity contribution >= 4 is 34.0 Å². The number of thioether (sulfide) groups is 1. The van der Waals surface area contributed by atoms with Gasteiger partial charge in [-0.2, -0.15) is 5.26 Å². The lowest BCUT2D eigenvalue weighted by Gasteiger charge is -2.17. The van der Waals surface area contributed by atoms with Gasteiger partial charge in [0.25, 0.3) is 0 Å². The van der Waals surface area contributed by atoms with Crippen molar-refractivity contribution in [1.82, 2.24) is 14.8 Å². The highest BCUT2D eigenvalue weighted by atomic mass is 32.2. The van der Waals surface area contributed by atoms with Crippen LogP contribution in [-0.4, -0.2) is 26.4 Å². The quantitative estimate of drug-likeness (QED) is 0.349. The maximum absolute atomic E-state index is 12.7. The first-order valence-corrected chi connectivity index (χ1v) is 12.6. The minimum atomic E-state index is -0.168. The van der Waals surface area contributed by atoms with Crippen molar-refractivity contribution in [3.63, 3.8) is 0 Å². The Hall–Kier alpha value is -3.09. The molecule has 0 spiro atoms. The number of benzene rings is 1. The molecule has 2 aromatic heterocycles. The Morgan fingerprint density at radius 2 is 2.24 bits per heavy atom. The fraction of sp³-hybridized carbons (Fsp3) is 0.333. The van der Waals surface area contributed by atoms with Crippen LogP contribution in [0.4, 0.5) is 5.00 Å². The molecule has 7 nitrogen and oxygen atoms in total. The molecule has 0 saturated heterocycles. The third-order valence-corrected chi connectivity index (χ3v) is 7.56. The maximum Gasteiger partial charge on any atom is 0.235 e. The number of rotatable bonds is 9. The molecule has 0 saturated carbocycles. The molecule has 4 rings (SSSR count). The van der Waals surface area contributed by atoms with Crippen LogP contribution in [0.15, 0.2) is 48.1 Å². The molecule has 2 heterocycles. The minimum absolute atomic E-state index is 0.165. The molecular weight excluding hydrogens is 454 g/mol. The van der Waals surface area contributed by atoms with Crippen molar-refractivity contribution in [1.29, 1.82) is 5.26 Å². The van der Waals surface area contributed by atoms with Crippen LogP contribution in [0.2, 0.25) is 0 Å². The molecule has 1 N–H and O–H groups in total. The number of para-hydroxylation sites is 1. The van der Waals surface area contributed by atoms with Gasteiger partial charge in [0.2, 0.25) is 5.91 Å². The van der Waals surface area contributed by atoms with Crippen LogP contribution in [0.1, 0.15) is 35.2 Å². The van der Waals surface area contributed by atoms with E-state index >= 15 is 0 Å². The SMILES string of the molecule is C=CCn1c(COc2ccccc2)nnc1SCC(=O)Nc1sc2c(c1C#N)CCC(C)C2. The van der Waals surface area contributed by atoms with Crippen LogP contribution in [0.5, 0.6) is 5.75 Å². The first-order chi connectivity index (χ1) is 16.1. The van der Waals surface area contributed by atoms with E-state index in [1.807, 2.05) is 34.9 Å². The zero-order valence-electron chi connectivity index (χ0n) is 18.4. The average Bonchev–Trinajstić information content (AvgIpc) is 3.36. The molecule has 170 valence electrons. The zero-order valence-corrected chi connectivity index (χ0v) is 20.0. The fourth-order valence-electron chi connectivity index (χ4n) is 3.76. The molecule has 1 aliphatic carbocycles. The molecule has 1 aliphatic rings. The smallest absolute Gasteiger partial charge is 0.235 e. The number of amides is 1. The number of anilines is 1. The van der Waals surface area contributed by atoms with Gasteiger partial charge in [0.1, 0.15) is 23.4 Å². The zero-order chi connectivity index (χ0) is 23.2. The highest BCUT2D eigenvalue weighted by Crippen LogP contribution is 2.39. The molecule has 3 aromatic rings. The number of fused-ring (bicyclic) bond motifs is 1. The van der Waals surface area contributed by atoms with Crippen LogP contribution in [0.25, 0.3) is 0 Å². The van der Waals surface area contributed by atoms with Gasteiger partial charge >= 0.3 is 0 Å². The van der Waals surface area contributed by atoms with E-state index < -0.39 is 0 Å². The van der Waals surface area contributed by atoms with E-state index in [2.05, 4.69) is 35.1 Å². The summed E-state index contributed by atoms with van der Waals surface area (Å²) in [7, 11) is 0. The summed E-state index contributed by atoms with van der Waals surface area (Å²) in [6, 6.07) is 11.8. The fourth-order valence-corrected chi connectivity index (χ4v) is 5.90. The molecule has 1 aromatic carbocycles. The minimum Gasteiger partial charge on any atom is -0.486 e. The maximum atomic E-state index is 12.7. The summed E-state index contributed by atoms with van der Waals surface area (Å²) in [4.78, 5) is 13.9. The molecule has 0 fully saturated rings. The number of hydrogen-bond donors (Lipinski definition) is 1. The second-order valence-electron chi connectivity index (χ2n) is 7.90. The normalized spacial score (nSPS) is 14.8. The van der Waals surface area contributed by atoms with E-state index in [0.717, 1.165) is 30.6 Å². The van der Waals surface area contributed by atoms with E-state index in [9.17, 15) is 10.1 Å². The number of carbonyl (C=O) groups excluding carboxylic acids is 1. The Labute approximate surface area is 201 Å². The number of carbonyl (C=O) groups is 1. The Morgan fingerprint density at radius 1 is 1.42 bits per heavy atom. The lowest BCUT2D eigenvalue weighted by atomic mass is 9.89. The number of allylic oxidation sites excluding steroid dienone is 1. The monoisotopic (exact) mass is 479 g/mol. The third-order valence-electron chi connectivity index (χ3n) is 5.43. The molecule has 1 atom stereocenters. The van der Waals surface area contributed by atoms with Gasteiger partial charge in [-0.15, -0.1) is 28.1 Å². The summed E-state index contributed by atoms with van der Waals surface area (Å²) in [6.07, 6.45) is 4.71. The molecule has 0 aliphatic heterocycles. The predicted molar refractivity (Wildman–Crippen MR) is 131 cm³/mol. The van der Waals surface area contributed by atoms with Crippen molar-refractivity contribution in [2.24, 2.45) is 5.92 Å². The topological polar surface area (TPSA) is 92.8 Å². The van der Waals surface area contributed by atoms with Crippen LogP contribution in [0.3, 0.4) is 0 Å². The molecular formula is C24H25N5O2S2. The summed E-state index contributed by atoms with van der Waals surface area (Å²) in [6.45, 7) is 6.81. The van der Waals surface area contributed by atoms with Crippen LogP contribution in [-0.2, 0) is 30.8 Å². The number of thiophene rings is 1. The van der Waals surface area contributed by atoms with Gasteiger partial charge in [-0.3, -0.25) is 9.36 Å². The summed E-state index contributed by atoms with van der Waals surface area (Å²) in [5.41, 5.74) is 1.73. The predicted octanol–water partition coefficient (Wildman–Crippen LogP) is 4.83. The number of hydrogen-bond acceptors (Lipinski definition) is 7. The van der Waals surface area contributed by atoms with Crippen molar-refractivity contribution in [3.05, 3.63) is 64.8 Å². The van der Waals surface area contributed by atoms with Crippen LogP contribution >= 0.6 is 23.1 Å². The standard InChI is InChI=1S/C24H25N5O2S2/c1-3-11-29-21(14-31-17-7-5-4-6-8-17)27-28-24(29)32-15-22(30)26-23-19(13-25)18-10-9-16(2)12-20(18)33-23/h3-8,16H,1,9-12,14-15H2,2H3,(H,26,30). The van der Waals surface area contributed by atoms with E-state index in [4.69, 9.17) is 4.74 Å². The van der Waals surface area contributed by atoms with Gasteiger partial charge in [0, 0.05) is 11.4 Å². The number of nitrogens with one attached hydrogen (secondary N) is 1. The lowest BCUT2D eigenvalue weighted by molar-refractivity contribution is -0.113. The van der Waals surface area contributed by atoms with E-state index in [1.54, 1.807) is 6.08 Å². The lowest BCUT2D eigenvalue weighted by Crippen LogP contribution is -2.15. The van der Waals surface area contributed by atoms with Crippen molar-refractivity contribution in [2.75, 3.05) is 11.1 Å². The van der Waals surface area contributed by atoms with Gasteiger partial charge in [-0.05, 0) is 42.9 Å². The van der Waals surface area contributed by atoms with Gasteiger partial charge in [-0.25, -0.2) is 0 Å². The Balaban J connectivity index is 1.40. The third kappa shape index (κ3) is 5.46. The number of nitrogens with zero attached hydrogens (tertiary/aromatic N) is 4. The summed E-state index contributed by atoms with van der Waals surface area (Å²) in [5, 5.41) is 22.3.